The van der Waals surface area contributed by atoms with E-state index >= 15 is 0 Å². The summed E-state index contributed by atoms with van der Waals surface area (Å²) in [5.74, 6) is -0.963. The third kappa shape index (κ3) is 49.1. The number of carbonyl (C=O) groups is 3. The number of unbranched alkanes of at least 4 members (excludes halogenated alkanes) is 16. The van der Waals surface area contributed by atoms with Crippen LogP contribution in [-0.4, -0.2) is 37.2 Å². The number of hydrogen-bond acceptors (Lipinski definition) is 6. The van der Waals surface area contributed by atoms with Crippen LogP contribution >= 0.6 is 0 Å². The van der Waals surface area contributed by atoms with E-state index in [2.05, 4.69) is 130 Å². The summed E-state index contributed by atoms with van der Waals surface area (Å²) in [5, 5.41) is 0. The molecular formula is C58H94O6. The van der Waals surface area contributed by atoms with Crippen molar-refractivity contribution in [2.75, 3.05) is 13.2 Å². The Morgan fingerprint density at radius 2 is 0.609 bits per heavy atom. The summed E-state index contributed by atoms with van der Waals surface area (Å²) >= 11 is 0. The normalized spacial score (nSPS) is 13.0. The Morgan fingerprint density at radius 3 is 0.984 bits per heavy atom. The molecule has 0 aromatic carbocycles. The van der Waals surface area contributed by atoms with Crippen LogP contribution in [0.15, 0.2) is 109 Å². The van der Waals surface area contributed by atoms with Gasteiger partial charge in [0.2, 0.25) is 0 Å². The van der Waals surface area contributed by atoms with Crippen molar-refractivity contribution in [3.05, 3.63) is 109 Å². The molecule has 0 radical (unpaired) electrons. The van der Waals surface area contributed by atoms with Crippen molar-refractivity contribution in [2.45, 2.75) is 226 Å². The van der Waals surface area contributed by atoms with E-state index in [1.165, 1.54) is 57.8 Å². The highest BCUT2D eigenvalue weighted by Crippen LogP contribution is 2.13. The van der Waals surface area contributed by atoms with Crippen LogP contribution in [0, 0.1) is 0 Å². The minimum absolute atomic E-state index is 0.0993. The van der Waals surface area contributed by atoms with Crippen molar-refractivity contribution in [3.8, 4) is 0 Å². The second-order valence-corrected chi connectivity index (χ2v) is 16.7. The van der Waals surface area contributed by atoms with Gasteiger partial charge < -0.3 is 14.2 Å². The van der Waals surface area contributed by atoms with Gasteiger partial charge in [0, 0.05) is 19.3 Å². The lowest BCUT2D eigenvalue weighted by molar-refractivity contribution is -0.167. The third-order valence-corrected chi connectivity index (χ3v) is 10.5. The lowest BCUT2D eigenvalue weighted by Gasteiger charge is -2.18. The minimum atomic E-state index is -0.803. The molecule has 0 aliphatic rings. The molecule has 6 nitrogen and oxygen atoms in total. The smallest absolute Gasteiger partial charge is 0.306 e. The van der Waals surface area contributed by atoms with Gasteiger partial charge in [0.05, 0.1) is 0 Å². The first-order valence-corrected chi connectivity index (χ1v) is 25.9. The second kappa shape index (κ2) is 51.7. The molecule has 0 aromatic rings. The lowest BCUT2D eigenvalue weighted by Crippen LogP contribution is -2.30. The van der Waals surface area contributed by atoms with E-state index in [4.69, 9.17) is 14.2 Å². The van der Waals surface area contributed by atoms with Crippen LogP contribution in [-0.2, 0) is 28.6 Å². The number of esters is 3. The van der Waals surface area contributed by atoms with Gasteiger partial charge in [-0.05, 0) is 103 Å². The molecule has 6 heteroatoms. The van der Waals surface area contributed by atoms with E-state index < -0.39 is 6.10 Å². The van der Waals surface area contributed by atoms with E-state index in [1.54, 1.807) is 0 Å². The summed E-state index contributed by atoms with van der Waals surface area (Å²) in [5.41, 5.74) is 0. The molecule has 0 bridgehead atoms. The maximum atomic E-state index is 12.7. The minimum Gasteiger partial charge on any atom is -0.462 e. The van der Waals surface area contributed by atoms with Crippen LogP contribution in [0.4, 0.5) is 0 Å². The van der Waals surface area contributed by atoms with Gasteiger partial charge in [-0.1, -0.05) is 207 Å². The molecule has 64 heavy (non-hydrogen) atoms. The molecule has 0 amide bonds. The van der Waals surface area contributed by atoms with Crippen LogP contribution in [0.25, 0.3) is 0 Å². The maximum absolute atomic E-state index is 12.7. The SMILES string of the molecule is CC/C=C\C/C=C\C/C=C\C/C=C\C/C=C\CCCCCCCCCC(=O)OCC(COC(=O)CCCCCCCCCC)OC(=O)CCCC/C=C\C/C=C\C/C=C\C/C=C\CC. The molecule has 0 fully saturated rings. The summed E-state index contributed by atoms with van der Waals surface area (Å²) in [7, 11) is 0. The molecule has 0 rings (SSSR count). The van der Waals surface area contributed by atoms with Crippen LogP contribution in [0.5, 0.6) is 0 Å². The predicted molar refractivity (Wildman–Crippen MR) is 274 cm³/mol. The number of rotatable bonds is 45. The van der Waals surface area contributed by atoms with Crippen molar-refractivity contribution in [1.82, 2.24) is 0 Å². The highest BCUT2D eigenvalue weighted by molar-refractivity contribution is 5.71. The van der Waals surface area contributed by atoms with E-state index in [0.29, 0.717) is 19.3 Å². The van der Waals surface area contributed by atoms with Gasteiger partial charge in [-0.3, -0.25) is 14.4 Å². The first kappa shape index (κ1) is 60.1. The highest BCUT2D eigenvalue weighted by Gasteiger charge is 2.19. The van der Waals surface area contributed by atoms with Crippen LogP contribution < -0.4 is 0 Å². The first-order valence-electron chi connectivity index (χ1n) is 25.9. The van der Waals surface area contributed by atoms with Gasteiger partial charge in [0.15, 0.2) is 6.10 Å². The average molecular weight is 887 g/mol. The quantitative estimate of drug-likeness (QED) is 0.0262. The number of carbonyl (C=O) groups excluding carboxylic acids is 3. The Morgan fingerprint density at radius 1 is 0.328 bits per heavy atom. The molecule has 0 spiro atoms. The predicted octanol–water partition coefficient (Wildman–Crippen LogP) is 17.1. The summed E-state index contributed by atoms with van der Waals surface area (Å²) < 4.78 is 16.7. The second-order valence-electron chi connectivity index (χ2n) is 16.7. The molecule has 362 valence electrons. The molecule has 1 unspecified atom stereocenters. The van der Waals surface area contributed by atoms with Gasteiger partial charge in [-0.2, -0.15) is 0 Å². The number of allylic oxidation sites excluding steroid dienone is 18. The Hall–Kier alpha value is -3.93. The Labute approximate surface area is 393 Å². The Kier molecular flexibility index (Phi) is 48.5. The third-order valence-electron chi connectivity index (χ3n) is 10.5. The van der Waals surface area contributed by atoms with Crippen molar-refractivity contribution >= 4 is 17.9 Å². The van der Waals surface area contributed by atoms with Crippen molar-refractivity contribution in [3.63, 3.8) is 0 Å². The fraction of sp³-hybridized carbons (Fsp3) is 0.638. The van der Waals surface area contributed by atoms with E-state index in [-0.39, 0.29) is 37.5 Å². The summed E-state index contributed by atoms with van der Waals surface area (Å²) in [4.78, 5) is 37.8. The van der Waals surface area contributed by atoms with Crippen LogP contribution in [0.2, 0.25) is 0 Å². The molecule has 0 aliphatic carbocycles. The van der Waals surface area contributed by atoms with E-state index in [9.17, 15) is 14.4 Å². The topological polar surface area (TPSA) is 78.9 Å². The molecule has 0 heterocycles. The summed E-state index contributed by atoms with van der Waals surface area (Å²) in [6.45, 7) is 6.32. The van der Waals surface area contributed by atoms with Gasteiger partial charge in [-0.15, -0.1) is 0 Å². The Bertz CT molecular complexity index is 1340. The van der Waals surface area contributed by atoms with E-state index in [0.717, 1.165) is 116 Å². The first-order chi connectivity index (χ1) is 31.5. The fourth-order valence-corrected chi connectivity index (χ4v) is 6.69. The monoisotopic (exact) mass is 887 g/mol. The zero-order chi connectivity index (χ0) is 46.5. The summed E-state index contributed by atoms with van der Waals surface area (Å²) in [6, 6.07) is 0. The maximum Gasteiger partial charge on any atom is 0.306 e. The van der Waals surface area contributed by atoms with E-state index in [1.807, 2.05) is 0 Å². The van der Waals surface area contributed by atoms with Gasteiger partial charge in [0.25, 0.3) is 0 Å². The van der Waals surface area contributed by atoms with Crippen LogP contribution in [0.1, 0.15) is 220 Å². The van der Waals surface area contributed by atoms with Crippen molar-refractivity contribution in [2.24, 2.45) is 0 Å². The molecule has 0 aliphatic heterocycles. The molecule has 0 saturated carbocycles. The zero-order valence-corrected chi connectivity index (χ0v) is 41.3. The number of hydrogen-bond donors (Lipinski definition) is 0. The number of ether oxygens (including phenoxy) is 3. The molecule has 0 aromatic heterocycles. The zero-order valence-electron chi connectivity index (χ0n) is 41.3. The largest absolute Gasteiger partial charge is 0.462 e. The molecule has 1 atom stereocenters. The Balaban J connectivity index is 4.35. The van der Waals surface area contributed by atoms with Crippen molar-refractivity contribution < 1.29 is 28.6 Å². The molecular weight excluding hydrogens is 793 g/mol. The average Bonchev–Trinajstić information content (AvgIpc) is 3.29. The fourth-order valence-electron chi connectivity index (χ4n) is 6.69. The van der Waals surface area contributed by atoms with Gasteiger partial charge in [-0.25, -0.2) is 0 Å². The lowest BCUT2D eigenvalue weighted by atomic mass is 10.1. The molecule has 0 saturated heterocycles. The standard InChI is InChI=1S/C58H94O6/c1-4-7-10-13-16-19-21-23-25-26-27-28-29-30-31-32-34-35-37-39-42-45-48-51-57(60)63-54-55(53-62-56(59)50-47-44-41-18-15-12-9-6-3)64-58(61)52-49-46-43-40-38-36-33-24-22-20-17-14-11-8-5-2/h7-8,10-11,16-17,19-20,23-25,27-28,30-31,33,38,40,55H,4-6,9,12-15,18,21-22,26,29,32,34-37,39,41-54H2,1-3H3/b10-7-,11-8-,19-16-,20-17-,25-23-,28-27-,31-30-,33-24-,40-38-. The van der Waals surface area contributed by atoms with Crippen LogP contribution in [0.3, 0.4) is 0 Å². The van der Waals surface area contributed by atoms with Gasteiger partial charge in [0.1, 0.15) is 13.2 Å². The molecule has 0 N–H and O–H groups in total. The summed E-state index contributed by atoms with van der Waals surface area (Å²) in [6.07, 6.45) is 69.4. The highest BCUT2D eigenvalue weighted by atomic mass is 16.6. The van der Waals surface area contributed by atoms with Gasteiger partial charge >= 0.3 is 17.9 Å². The van der Waals surface area contributed by atoms with Crippen molar-refractivity contribution in [1.29, 1.82) is 0 Å².